The zero-order chi connectivity index (χ0) is 24.2. The van der Waals surface area contributed by atoms with Crippen LogP contribution in [0.1, 0.15) is 11.1 Å². The predicted octanol–water partition coefficient (Wildman–Crippen LogP) is 2.55. The molecule has 0 fully saturated rings. The predicted molar refractivity (Wildman–Crippen MR) is 120 cm³/mol. The van der Waals surface area contributed by atoms with E-state index in [2.05, 4.69) is 5.73 Å². The number of alkyl halides is 4. The third-order valence-electron chi connectivity index (χ3n) is 4.03. The van der Waals surface area contributed by atoms with E-state index in [0.29, 0.717) is 13.1 Å². The molecule has 0 aliphatic heterocycles. The van der Waals surface area contributed by atoms with Crippen LogP contribution in [0.4, 0.5) is 17.6 Å². The number of nitrogens with two attached hydrogens (primary N) is 2. The molecule has 0 saturated carbocycles. The third kappa shape index (κ3) is 15.7. The van der Waals surface area contributed by atoms with E-state index in [1.807, 2.05) is 65.6 Å². The summed E-state index contributed by atoms with van der Waals surface area (Å²) in [5, 5.41) is 16.3. The van der Waals surface area contributed by atoms with Crippen LogP contribution in [0, 0.1) is 0 Å². The van der Waals surface area contributed by atoms with E-state index in [4.69, 9.17) is 15.9 Å². The first-order valence-corrected chi connectivity index (χ1v) is 10.3. The van der Waals surface area contributed by atoms with Crippen LogP contribution in [0.15, 0.2) is 60.7 Å². The lowest BCUT2D eigenvalue weighted by Crippen LogP contribution is -2.30. The molecule has 2 aromatic rings. The normalized spacial score (nSPS) is 13.3. The fourth-order valence-corrected chi connectivity index (χ4v) is 2.33. The van der Waals surface area contributed by atoms with Crippen molar-refractivity contribution in [3.63, 3.8) is 0 Å². The van der Waals surface area contributed by atoms with Gasteiger partial charge < -0.3 is 21.7 Å². The minimum Gasteiger partial charge on any atom is -0.394 e. The maximum Gasteiger partial charge on any atom is 0.141 e. The van der Waals surface area contributed by atoms with Crippen molar-refractivity contribution in [1.29, 1.82) is 0 Å². The van der Waals surface area contributed by atoms with Crippen molar-refractivity contribution < 1.29 is 27.8 Å². The highest BCUT2D eigenvalue weighted by Crippen LogP contribution is 2.11. The molecule has 0 unspecified atom stereocenters. The zero-order valence-electron chi connectivity index (χ0n) is 18.2. The van der Waals surface area contributed by atoms with Gasteiger partial charge >= 0.3 is 0 Å². The molecule has 0 radical (unpaired) electrons. The van der Waals surface area contributed by atoms with Gasteiger partial charge in [-0.3, -0.25) is 4.90 Å². The maximum absolute atomic E-state index is 13.4. The lowest BCUT2D eigenvalue weighted by atomic mass is 10.1. The van der Waals surface area contributed by atoms with Gasteiger partial charge in [0.1, 0.15) is 25.7 Å². The lowest BCUT2D eigenvalue weighted by molar-refractivity contribution is 0.102. The molecule has 0 bridgehead atoms. The molecule has 0 aliphatic rings. The molecule has 0 amide bonds. The first-order chi connectivity index (χ1) is 15.4. The van der Waals surface area contributed by atoms with Crippen LogP contribution in [0.25, 0.3) is 0 Å². The quantitative estimate of drug-likeness (QED) is 0.386. The monoisotopic (exact) mass is 461 g/mol. The Hall–Kier alpha value is -2.04. The first-order valence-electron chi connectivity index (χ1n) is 10.3. The fraction of sp³-hybridized carbons (Fsp3) is 0.478. The molecule has 0 heterocycles. The third-order valence-corrected chi connectivity index (χ3v) is 4.03. The molecule has 2 aromatic carbocycles. The molecule has 3 atom stereocenters. The van der Waals surface area contributed by atoms with Gasteiger partial charge in [-0.1, -0.05) is 60.7 Å². The topological polar surface area (TPSA) is 95.7 Å². The van der Waals surface area contributed by atoms with Crippen LogP contribution >= 0.6 is 0 Å². The fourth-order valence-electron chi connectivity index (χ4n) is 2.33. The van der Waals surface area contributed by atoms with Crippen LogP contribution < -0.4 is 11.5 Å². The Morgan fingerprint density at radius 1 is 0.750 bits per heavy atom. The van der Waals surface area contributed by atoms with Crippen molar-refractivity contribution in [1.82, 2.24) is 4.90 Å². The molecule has 6 N–H and O–H groups in total. The Labute approximate surface area is 187 Å². The molecule has 9 heteroatoms. The number of nitrogens with zero attached hydrogens (tertiary/aromatic N) is 1. The van der Waals surface area contributed by atoms with E-state index >= 15 is 0 Å². The van der Waals surface area contributed by atoms with Gasteiger partial charge in [-0.2, -0.15) is 0 Å². The Balaban J connectivity index is 0.000000662. The summed E-state index contributed by atoms with van der Waals surface area (Å²) < 4.78 is 48.1. The molecule has 0 aromatic heterocycles. The molecule has 0 aliphatic carbocycles. The van der Waals surface area contributed by atoms with Gasteiger partial charge in [-0.25, -0.2) is 17.6 Å². The zero-order valence-corrected chi connectivity index (χ0v) is 18.2. The highest BCUT2D eigenvalue weighted by molar-refractivity contribution is 5.17. The Morgan fingerprint density at radius 2 is 1.19 bits per heavy atom. The maximum atomic E-state index is 13.4. The number of aliphatic hydroxyl groups is 2. The van der Waals surface area contributed by atoms with Crippen LogP contribution in [-0.2, 0) is 13.1 Å². The van der Waals surface area contributed by atoms with E-state index in [1.54, 1.807) is 0 Å². The summed E-state index contributed by atoms with van der Waals surface area (Å²) in [6.07, 6.45) is -3.61. The molecule has 182 valence electrons. The second-order valence-electron chi connectivity index (χ2n) is 6.95. The van der Waals surface area contributed by atoms with Crippen LogP contribution in [0.3, 0.4) is 0 Å². The van der Waals surface area contributed by atoms with Crippen molar-refractivity contribution in [2.45, 2.75) is 31.5 Å². The van der Waals surface area contributed by atoms with Gasteiger partial charge in [-0.05, 0) is 11.1 Å². The Morgan fingerprint density at radius 3 is 1.44 bits per heavy atom. The number of hydrogen-bond donors (Lipinski definition) is 4. The van der Waals surface area contributed by atoms with Crippen molar-refractivity contribution in [3.05, 3.63) is 71.8 Å². The lowest BCUT2D eigenvalue weighted by Gasteiger charge is -2.23. The van der Waals surface area contributed by atoms with Crippen molar-refractivity contribution in [3.8, 4) is 0 Å². The summed E-state index contributed by atoms with van der Waals surface area (Å²) in [6, 6.07) is 19.7. The Bertz CT molecular complexity index is 597. The standard InChI is InChI=1S/C17H19F2N.C3H7F2N.C3H9NO2/c18-11-17(19)14-20(12-15-7-3-1-4-8-15)13-16-9-5-2-6-10-16;4-1-3(5)2-6;4-1-3(6)2-5/h1-10,17H,11-14H2;3H,1-2,6H2;3,5-6H,1-2,4H2/t17-;2*3-/m110/s1. The van der Waals surface area contributed by atoms with Gasteiger partial charge in [0, 0.05) is 32.7 Å². The number of benzene rings is 2. The number of hydrogen-bond acceptors (Lipinski definition) is 5. The molecule has 0 saturated heterocycles. The first kappa shape index (κ1) is 30.0. The van der Waals surface area contributed by atoms with Crippen LogP contribution in [-0.4, -0.2) is 73.2 Å². The summed E-state index contributed by atoms with van der Waals surface area (Å²) >= 11 is 0. The van der Waals surface area contributed by atoms with Gasteiger partial charge in [0.05, 0.1) is 12.7 Å². The van der Waals surface area contributed by atoms with E-state index in [0.717, 1.165) is 11.1 Å². The van der Waals surface area contributed by atoms with Gasteiger partial charge in [-0.15, -0.1) is 0 Å². The second-order valence-corrected chi connectivity index (χ2v) is 6.95. The molecule has 0 spiro atoms. The summed E-state index contributed by atoms with van der Waals surface area (Å²) in [7, 11) is 0. The summed E-state index contributed by atoms with van der Waals surface area (Å²) in [4.78, 5) is 1.94. The van der Waals surface area contributed by atoms with Gasteiger partial charge in [0.2, 0.25) is 0 Å². The second kappa shape index (κ2) is 19.6. The molecular formula is C23H35F4N3O2. The molecule has 32 heavy (non-hydrogen) atoms. The molecular weight excluding hydrogens is 426 g/mol. The summed E-state index contributed by atoms with van der Waals surface area (Å²) in [6.45, 7) is -0.854. The van der Waals surface area contributed by atoms with E-state index in [-0.39, 0.29) is 26.2 Å². The van der Waals surface area contributed by atoms with Gasteiger partial charge in [0.25, 0.3) is 0 Å². The van der Waals surface area contributed by atoms with Crippen molar-refractivity contribution in [2.24, 2.45) is 11.5 Å². The highest BCUT2D eigenvalue weighted by atomic mass is 19.2. The number of aliphatic hydroxyl groups excluding tert-OH is 2. The number of rotatable bonds is 11. The summed E-state index contributed by atoms with van der Waals surface area (Å²) in [5.41, 5.74) is 11.8. The molecule has 2 rings (SSSR count). The van der Waals surface area contributed by atoms with Crippen molar-refractivity contribution >= 4 is 0 Å². The van der Waals surface area contributed by atoms with E-state index in [9.17, 15) is 17.6 Å². The van der Waals surface area contributed by atoms with Crippen LogP contribution in [0.2, 0.25) is 0 Å². The average Bonchev–Trinajstić information content (AvgIpc) is 2.84. The largest absolute Gasteiger partial charge is 0.394 e. The van der Waals surface area contributed by atoms with Crippen molar-refractivity contribution in [2.75, 3.05) is 39.6 Å². The summed E-state index contributed by atoms with van der Waals surface area (Å²) in [5.74, 6) is 0. The smallest absolute Gasteiger partial charge is 0.141 e. The van der Waals surface area contributed by atoms with E-state index in [1.165, 1.54) is 0 Å². The minimum atomic E-state index is -1.45. The van der Waals surface area contributed by atoms with Crippen LogP contribution in [0.5, 0.6) is 0 Å². The highest BCUT2D eigenvalue weighted by Gasteiger charge is 2.14. The Kier molecular flexibility index (Phi) is 18.4. The van der Waals surface area contributed by atoms with Gasteiger partial charge in [0.15, 0.2) is 0 Å². The SMILES string of the molecule is FC[C@@H](F)CN(Cc1ccccc1)Cc1ccccc1.NC[C@H](F)CF.NC[C@H](O)CO. The number of halogens is 4. The molecule has 5 nitrogen and oxygen atoms in total. The minimum absolute atomic E-state index is 0.111. The average molecular weight is 462 g/mol. The van der Waals surface area contributed by atoms with E-state index < -0.39 is 31.8 Å².